The molecule has 6 heteroatoms. The third kappa shape index (κ3) is 2.20. The van der Waals surface area contributed by atoms with Crippen molar-refractivity contribution in [1.82, 2.24) is 0 Å². The van der Waals surface area contributed by atoms with Gasteiger partial charge in [0.15, 0.2) is 0 Å². The Morgan fingerprint density at radius 2 is 1.84 bits per heavy atom. The van der Waals surface area contributed by atoms with Crippen LogP contribution in [0.4, 0.5) is 5.69 Å². The number of aromatic hydroxyl groups is 1. The van der Waals surface area contributed by atoms with Gasteiger partial charge in [0.25, 0.3) is 0 Å². The second-order valence-electron chi connectivity index (χ2n) is 3.94. The maximum Gasteiger partial charge on any atom is 0.339 e. The number of rotatable bonds is 2. The van der Waals surface area contributed by atoms with Crippen LogP contribution in [-0.2, 0) is 4.79 Å². The third-order valence-corrected chi connectivity index (χ3v) is 3.15. The van der Waals surface area contributed by atoms with E-state index >= 15 is 0 Å². The van der Waals surface area contributed by atoms with Crippen molar-refractivity contribution in [2.45, 2.75) is 6.92 Å². The average Bonchev–Trinajstić information content (AvgIpc) is 2.37. The molecule has 2 aromatic carbocycles. The van der Waals surface area contributed by atoms with Gasteiger partial charge in [-0.3, -0.25) is 4.79 Å². The number of halogens is 1. The second-order valence-corrected chi connectivity index (χ2v) is 4.28. The molecule has 0 fully saturated rings. The Balaban J connectivity index is 2.75. The fourth-order valence-electron chi connectivity index (χ4n) is 1.84. The van der Waals surface area contributed by atoms with Crippen LogP contribution in [-0.4, -0.2) is 22.1 Å². The number of hydrogen-bond acceptors (Lipinski definition) is 3. The van der Waals surface area contributed by atoms with Gasteiger partial charge in [-0.25, -0.2) is 9.21 Å². The minimum absolute atomic E-state index is 0.200. The van der Waals surface area contributed by atoms with Gasteiger partial charge in [0.2, 0.25) is 5.91 Å². The van der Waals surface area contributed by atoms with E-state index in [2.05, 4.69) is 0 Å². The SMILES string of the molecule is CC(=O)N(Cl)c1cccc2c(O)c(C(=O)O)ccc12. The van der Waals surface area contributed by atoms with Crippen molar-refractivity contribution in [3.63, 3.8) is 0 Å². The van der Waals surface area contributed by atoms with Gasteiger partial charge < -0.3 is 10.2 Å². The molecule has 0 aromatic heterocycles. The summed E-state index contributed by atoms with van der Waals surface area (Å²) in [4.78, 5) is 22.2. The number of nitrogens with zero attached hydrogens (tertiary/aromatic N) is 1. The van der Waals surface area contributed by atoms with E-state index in [1.807, 2.05) is 0 Å². The standard InChI is InChI=1S/C13H10ClNO4/c1-7(16)15(14)11-4-2-3-9-8(11)5-6-10(12(9)17)13(18)19/h2-6,17H,1H3,(H,18,19). The van der Waals surface area contributed by atoms with Crippen LogP contribution in [0.15, 0.2) is 30.3 Å². The molecule has 0 aliphatic rings. The molecule has 0 atom stereocenters. The Kier molecular flexibility index (Phi) is 3.31. The van der Waals surface area contributed by atoms with Gasteiger partial charge in [0.1, 0.15) is 11.3 Å². The Morgan fingerprint density at radius 1 is 1.16 bits per heavy atom. The molecular formula is C13H10ClNO4. The van der Waals surface area contributed by atoms with E-state index in [1.54, 1.807) is 18.2 Å². The van der Waals surface area contributed by atoms with Crippen molar-refractivity contribution >= 4 is 40.1 Å². The quantitative estimate of drug-likeness (QED) is 0.829. The number of aromatic carboxylic acids is 1. The van der Waals surface area contributed by atoms with E-state index in [4.69, 9.17) is 16.9 Å². The van der Waals surface area contributed by atoms with Gasteiger partial charge in [-0.2, -0.15) is 0 Å². The normalized spacial score (nSPS) is 10.4. The molecule has 0 aliphatic carbocycles. The summed E-state index contributed by atoms with van der Waals surface area (Å²) in [5.74, 6) is -1.95. The lowest BCUT2D eigenvalue weighted by molar-refractivity contribution is -0.115. The molecule has 98 valence electrons. The maximum atomic E-state index is 11.3. The number of benzene rings is 2. The molecule has 0 radical (unpaired) electrons. The monoisotopic (exact) mass is 279 g/mol. The van der Waals surface area contributed by atoms with Crippen molar-refractivity contribution in [2.75, 3.05) is 4.42 Å². The van der Waals surface area contributed by atoms with Crippen molar-refractivity contribution in [3.8, 4) is 5.75 Å². The summed E-state index contributed by atoms with van der Waals surface area (Å²) in [6, 6.07) is 7.53. The lowest BCUT2D eigenvalue weighted by atomic mass is 10.0. The van der Waals surface area contributed by atoms with Gasteiger partial charge in [-0.1, -0.05) is 18.2 Å². The predicted octanol–water partition coefficient (Wildman–Crippen LogP) is 2.75. The lowest BCUT2D eigenvalue weighted by Gasteiger charge is -2.15. The highest BCUT2D eigenvalue weighted by Crippen LogP contribution is 2.35. The first-order valence-corrected chi connectivity index (χ1v) is 5.71. The van der Waals surface area contributed by atoms with Crippen LogP contribution >= 0.6 is 11.8 Å². The highest BCUT2D eigenvalue weighted by Gasteiger charge is 2.17. The molecule has 2 aromatic rings. The van der Waals surface area contributed by atoms with Crippen LogP contribution in [0.3, 0.4) is 0 Å². The van der Waals surface area contributed by atoms with E-state index in [0.29, 0.717) is 16.5 Å². The van der Waals surface area contributed by atoms with Crippen LogP contribution in [0.5, 0.6) is 5.75 Å². The van der Waals surface area contributed by atoms with E-state index < -0.39 is 5.97 Å². The number of hydrogen-bond donors (Lipinski definition) is 2. The fourth-order valence-corrected chi connectivity index (χ4v) is 1.99. The summed E-state index contributed by atoms with van der Waals surface area (Å²) < 4.78 is 0.919. The zero-order chi connectivity index (χ0) is 14.2. The molecule has 0 aliphatic heterocycles. The summed E-state index contributed by atoms with van der Waals surface area (Å²) in [7, 11) is 0. The minimum Gasteiger partial charge on any atom is -0.506 e. The van der Waals surface area contributed by atoms with Gasteiger partial charge in [-0.05, 0) is 12.1 Å². The van der Waals surface area contributed by atoms with Crippen LogP contribution in [0, 0.1) is 0 Å². The molecular weight excluding hydrogens is 270 g/mol. The molecule has 0 bridgehead atoms. The average molecular weight is 280 g/mol. The second kappa shape index (κ2) is 4.78. The van der Waals surface area contributed by atoms with Crippen molar-refractivity contribution in [1.29, 1.82) is 0 Å². The smallest absolute Gasteiger partial charge is 0.339 e. The Bertz CT molecular complexity index is 684. The van der Waals surface area contributed by atoms with E-state index in [-0.39, 0.29) is 17.2 Å². The number of fused-ring (bicyclic) bond motifs is 1. The summed E-state index contributed by atoms with van der Waals surface area (Å²) in [5, 5.41) is 19.7. The number of amides is 1. The number of phenols is 1. The van der Waals surface area contributed by atoms with Crippen molar-refractivity contribution < 1.29 is 19.8 Å². The van der Waals surface area contributed by atoms with Crippen LogP contribution in [0.1, 0.15) is 17.3 Å². The number of carboxylic acids is 1. The zero-order valence-corrected chi connectivity index (χ0v) is 10.7. The van der Waals surface area contributed by atoms with Crippen molar-refractivity contribution in [2.24, 2.45) is 0 Å². The minimum atomic E-state index is -1.22. The highest BCUT2D eigenvalue weighted by molar-refractivity contribution is 6.38. The topological polar surface area (TPSA) is 77.8 Å². The van der Waals surface area contributed by atoms with E-state index in [0.717, 1.165) is 4.42 Å². The summed E-state index contributed by atoms with van der Waals surface area (Å²) >= 11 is 5.86. The highest BCUT2D eigenvalue weighted by atomic mass is 35.5. The Morgan fingerprint density at radius 3 is 2.42 bits per heavy atom. The van der Waals surface area contributed by atoms with Crippen LogP contribution in [0.25, 0.3) is 10.8 Å². The molecule has 0 saturated carbocycles. The molecule has 1 amide bonds. The number of carbonyl (C=O) groups is 2. The molecule has 0 saturated heterocycles. The number of carboxylic acid groups (broad SMARTS) is 1. The van der Waals surface area contributed by atoms with E-state index in [9.17, 15) is 14.7 Å². The lowest BCUT2D eigenvalue weighted by Crippen LogP contribution is -2.16. The van der Waals surface area contributed by atoms with Crippen LogP contribution in [0.2, 0.25) is 0 Å². The molecule has 0 heterocycles. The van der Waals surface area contributed by atoms with Gasteiger partial charge in [-0.15, -0.1) is 0 Å². The number of anilines is 1. The first-order chi connectivity index (χ1) is 8.93. The third-order valence-electron chi connectivity index (χ3n) is 2.73. The molecule has 19 heavy (non-hydrogen) atoms. The summed E-state index contributed by atoms with van der Waals surface area (Å²) in [6.07, 6.45) is 0. The fraction of sp³-hybridized carbons (Fsp3) is 0.0769. The number of carbonyl (C=O) groups excluding carboxylic acids is 1. The summed E-state index contributed by atoms with van der Waals surface area (Å²) in [5.41, 5.74) is 0.188. The van der Waals surface area contributed by atoms with Gasteiger partial charge in [0, 0.05) is 29.5 Å². The van der Waals surface area contributed by atoms with Crippen molar-refractivity contribution in [3.05, 3.63) is 35.9 Å². The first-order valence-electron chi connectivity index (χ1n) is 5.38. The first kappa shape index (κ1) is 13.2. The molecule has 2 N–H and O–H groups in total. The molecule has 5 nitrogen and oxygen atoms in total. The van der Waals surface area contributed by atoms with E-state index in [1.165, 1.54) is 19.1 Å². The predicted molar refractivity (Wildman–Crippen MR) is 71.6 cm³/mol. The molecule has 2 rings (SSSR count). The van der Waals surface area contributed by atoms with Crippen LogP contribution < -0.4 is 4.42 Å². The molecule has 0 spiro atoms. The van der Waals surface area contributed by atoms with Gasteiger partial charge in [0.05, 0.1) is 5.69 Å². The largest absolute Gasteiger partial charge is 0.506 e. The van der Waals surface area contributed by atoms with Gasteiger partial charge >= 0.3 is 5.97 Å². The summed E-state index contributed by atoms with van der Waals surface area (Å²) in [6.45, 7) is 1.30. The molecule has 0 unspecified atom stereocenters. The Hall–Kier alpha value is -2.27. The zero-order valence-electron chi connectivity index (χ0n) is 9.92. The maximum absolute atomic E-state index is 11.3. The Labute approximate surface area is 113 Å².